The normalized spacial score (nSPS) is 18.0. The Labute approximate surface area is 175 Å². The van der Waals surface area contributed by atoms with Gasteiger partial charge >= 0.3 is 0 Å². The molecular weight excluding hydrogens is 380 g/mol. The van der Waals surface area contributed by atoms with Crippen LogP contribution in [0.4, 0.5) is 5.95 Å². The van der Waals surface area contributed by atoms with Gasteiger partial charge in [0.2, 0.25) is 5.95 Å². The Morgan fingerprint density at radius 1 is 1.07 bits per heavy atom. The van der Waals surface area contributed by atoms with Crippen molar-refractivity contribution in [2.45, 2.75) is 45.4 Å². The molecule has 1 fully saturated rings. The highest BCUT2D eigenvalue weighted by Crippen LogP contribution is 2.31. The van der Waals surface area contributed by atoms with Gasteiger partial charge in [-0.3, -0.25) is 14.3 Å². The van der Waals surface area contributed by atoms with Gasteiger partial charge in [0.1, 0.15) is 0 Å². The summed E-state index contributed by atoms with van der Waals surface area (Å²) < 4.78 is 7.76. The van der Waals surface area contributed by atoms with Crippen LogP contribution < -0.4 is 16.2 Å². The zero-order valence-corrected chi connectivity index (χ0v) is 18.1. The Morgan fingerprint density at radius 2 is 1.77 bits per heavy atom. The molecule has 0 bridgehead atoms. The molecule has 0 atom stereocenters. The van der Waals surface area contributed by atoms with E-state index in [2.05, 4.69) is 37.6 Å². The maximum absolute atomic E-state index is 12.8. The first-order chi connectivity index (χ1) is 14.1. The molecule has 1 aliphatic rings. The maximum atomic E-state index is 12.8. The van der Waals surface area contributed by atoms with Crippen LogP contribution in [0.1, 0.15) is 33.4 Å². The third-order valence-corrected chi connectivity index (χ3v) is 5.19. The molecule has 3 aromatic heterocycles. The van der Waals surface area contributed by atoms with E-state index in [9.17, 15) is 4.79 Å². The average molecular weight is 409 g/mol. The Balaban J connectivity index is 1.80. The highest BCUT2D eigenvalue weighted by atomic mass is 16.5. The molecule has 1 saturated heterocycles. The molecule has 4 rings (SSSR count). The minimum atomic E-state index is -0.359. The van der Waals surface area contributed by atoms with Gasteiger partial charge < -0.3 is 15.4 Å². The van der Waals surface area contributed by atoms with Crippen LogP contribution in [0.25, 0.3) is 22.3 Å². The maximum Gasteiger partial charge on any atom is 0.255 e. The highest BCUT2D eigenvalue weighted by Gasteiger charge is 2.39. The Morgan fingerprint density at radius 3 is 2.43 bits per heavy atom. The smallest absolute Gasteiger partial charge is 0.255 e. The molecular formula is C22H28N6O2. The van der Waals surface area contributed by atoms with Gasteiger partial charge in [0.05, 0.1) is 33.8 Å². The first kappa shape index (κ1) is 20.4. The van der Waals surface area contributed by atoms with E-state index in [0.717, 1.165) is 16.6 Å². The third-order valence-electron chi connectivity index (χ3n) is 5.19. The predicted molar refractivity (Wildman–Crippen MR) is 117 cm³/mol. The van der Waals surface area contributed by atoms with Gasteiger partial charge in [0, 0.05) is 44.3 Å². The van der Waals surface area contributed by atoms with Crippen molar-refractivity contribution in [3.05, 3.63) is 46.5 Å². The summed E-state index contributed by atoms with van der Waals surface area (Å²) in [6, 6.07) is 7.20. The van der Waals surface area contributed by atoms with E-state index < -0.39 is 0 Å². The lowest BCUT2D eigenvalue weighted by Gasteiger charge is -2.47. The molecule has 158 valence electrons. The zero-order valence-electron chi connectivity index (χ0n) is 18.1. The van der Waals surface area contributed by atoms with Crippen molar-refractivity contribution in [3.8, 4) is 11.4 Å². The Bertz CT molecular complexity index is 1150. The highest BCUT2D eigenvalue weighted by molar-refractivity contribution is 5.80. The molecule has 3 aromatic rings. The first-order valence-electron chi connectivity index (χ1n) is 10.1. The summed E-state index contributed by atoms with van der Waals surface area (Å²) in [6.45, 7) is 9.83. The molecule has 0 aromatic carbocycles. The van der Waals surface area contributed by atoms with E-state index in [-0.39, 0.29) is 16.8 Å². The largest absolute Gasteiger partial charge is 0.366 e. The third kappa shape index (κ3) is 3.93. The van der Waals surface area contributed by atoms with Crippen LogP contribution in [0.5, 0.6) is 0 Å². The van der Waals surface area contributed by atoms with Crippen LogP contribution in [0.3, 0.4) is 0 Å². The number of anilines is 1. The summed E-state index contributed by atoms with van der Waals surface area (Å²) in [7, 11) is 1.75. The lowest BCUT2D eigenvalue weighted by molar-refractivity contribution is -0.133. The fraction of sp³-hybridized carbons (Fsp3) is 0.455. The van der Waals surface area contributed by atoms with E-state index in [4.69, 9.17) is 20.4 Å². The van der Waals surface area contributed by atoms with Gasteiger partial charge in [-0.1, -0.05) is 0 Å². The number of hydrogen-bond acceptors (Lipinski definition) is 7. The quantitative estimate of drug-likeness (QED) is 0.709. The molecule has 2 N–H and O–H groups in total. The van der Waals surface area contributed by atoms with Gasteiger partial charge in [-0.15, -0.1) is 0 Å². The van der Waals surface area contributed by atoms with Gasteiger partial charge in [0.15, 0.2) is 0 Å². The number of rotatable bonds is 3. The molecule has 0 spiro atoms. The second-order valence-corrected chi connectivity index (χ2v) is 9.09. The van der Waals surface area contributed by atoms with E-state index in [0.29, 0.717) is 37.0 Å². The van der Waals surface area contributed by atoms with Crippen molar-refractivity contribution >= 4 is 16.9 Å². The molecule has 8 heteroatoms. The summed E-state index contributed by atoms with van der Waals surface area (Å²) in [4.78, 5) is 28.8. The summed E-state index contributed by atoms with van der Waals surface area (Å²) in [6.07, 6.45) is 1.76. The molecule has 30 heavy (non-hydrogen) atoms. The molecule has 0 saturated carbocycles. The molecule has 0 radical (unpaired) electrons. The molecule has 0 aliphatic carbocycles. The topological polar surface area (TPSA) is 99.2 Å². The van der Waals surface area contributed by atoms with Crippen molar-refractivity contribution < 1.29 is 4.74 Å². The average Bonchev–Trinajstić information content (AvgIpc) is 2.66. The molecule has 0 amide bonds. The number of nitrogens with two attached hydrogens (primary N) is 1. The van der Waals surface area contributed by atoms with Crippen LogP contribution >= 0.6 is 0 Å². The lowest BCUT2D eigenvalue weighted by Crippen LogP contribution is -2.58. The molecule has 0 unspecified atom stereocenters. The van der Waals surface area contributed by atoms with Crippen LogP contribution in [0.15, 0.2) is 35.3 Å². The van der Waals surface area contributed by atoms with Crippen molar-refractivity contribution in [1.82, 2.24) is 19.5 Å². The Kier molecular flexibility index (Phi) is 4.86. The number of ether oxygens (including phenoxy) is 1. The molecule has 4 heterocycles. The monoisotopic (exact) mass is 408 g/mol. The minimum Gasteiger partial charge on any atom is -0.366 e. The van der Waals surface area contributed by atoms with E-state index in [1.807, 2.05) is 18.2 Å². The van der Waals surface area contributed by atoms with Crippen molar-refractivity contribution in [3.63, 3.8) is 0 Å². The van der Waals surface area contributed by atoms with Gasteiger partial charge in [0.25, 0.3) is 5.56 Å². The Hall–Kier alpha value is -2.84. The molecule has 1 aliphatic heterocycles. The standard InChI is InChI=1S/C22H28N6O2/c1-21(2)12-28(13-22(3,4)30-21)20-26-18(9-19(29)27(20)5)16-7-6-14-11-24-15(10-23)8-17(14)25-16/h6-9,11H,10,12-13,23H2,1-5H3. The van der Waals surface area contributed by atoms with Gasteiger partial charge in [-0.2, -0.15) is 0 Å². The molecule has 8 nitrogen and oxygen atoms in total. The van der Waals surface area contributed by atoms with Crippen molar-refractivity contribution in [1.29, 1.82) is 0 Å². The summed E-state index contributed by atoms with van der Waals surface area (Å²) in [5.74, 6) is 0.612. The number of morpholine rings is 1. The summed E-state index contributed by atoms with van der Waals surface area (Å²) >= 11 is 0. The fourth-order valence-electron chi connectivity index (χ4n) is 4.18. The van der Waals surface area contributed by atoms with E-state index in [1.54, 1.807) is 17.8 Å². The summed E-state index contributed by atoms with van der Waals surface area (Å²) in [5, 5.41) is 0.914. The number of pyridine rings is 2. The van der Waals surface area contributed by atoms with E-state index in [1.165, 1.54) is 6.07 Å². The summed E-state index contributed by atoms with van der Waals surface area (Å²) in [5.41, 5.74) is 7.59. The lowest BCUT2D eigenvalue weighted by atomic mass is 9.99. The van der Waals surface area contributed by atoms with Crippen molar-refractivity contribution in [2.75, 3.05) is 18.0 Å². The van der Waals surface area contributed by atoms with Gasteiger partial charge in [-0.25, -0.2) is 9.97 Å². The number of hydrogen-bond donors (Lipinski definition) is 1. The van der Waals surface area contributed by atoms with Crippen LogP contribution in [0, 0.1) is 0 Å². The van der Waals surface area contributed by atoms with Crippen LogP contribution in [-0.4, -0.2) is 43.8 Å². The SMILES string of the molecule is Cn1c(N2CC(C)(C)OC(C)(C)C2)nc(-c2ccc3cnc(CN)cc3n2)cc1=O. The fourth-order valence-corrected chi connectivity index (χ4v) is 4.18. The van der Waals surface area contributed by atoms with Crippen molar-refractivity contribution in [2.24, 2.45) is 12.8 Å². The minimum absolute atomic E-state index is 0.128. The number of fused-ring (bicyclic) bond motifs is 1. The first-order valence-corrected chi connectivity index (χ1v) is 10.1. The van der Waals surface area contributed by atoms with Crippen LogP contribution in [-0.2, 0) is 18.3 Å². The van der Waals surface area contributed by atoms with Crippen LogP contribution in [0.2, 0.25) is 0 Å². The van der Waals surface area contributed by atoms with E-state index >= 15 is 0 Å². The zero-order chi connectivity index (χ0) is 21.7. The second-order valence-electron chi connectivity index (χ2n) is 9.09. The van der Waals surface area contributed by atoms with Gasteiger partial charge in [-0.05, 0) is 45.9 Å². The number of aromatic nitrogens is 4. The number of nitrogens with zero attached hydrogens (tertiary/aromatic N) is 5. The second kappa shape index (κ2) is 7.14. The predicted octanol–water partition coefficient (Wildman–Crippen LogP) is 2.24.